The Labute approximate surface area is 173 Å². The summed E-state index contributed by atoms with van der Waals surface area (Å²) in [6.45, 7) is 6.13. The number of methoxy groups -OCH3 is 3. The lowest BCUT2D eigenvalue weighted by Gasteiger charge is -2.29. The minimum Gasteiger partial charge on any atom is -0.493 e. The number of rotatable bonds is 10. The summed E-state index contributed by atoms with van der Waals surface area (Å²) >= 11 is 0. The summed E-state index contributed by atoms with van der Waals surface area (Å²) in [6.07, 6.45) is 2.16. The molecule has 0 aromatic heterocycles. The summed E-state index contributed by atoms with van der Waals surface area (Å²) in [7, 11) is 4.57. The van der Waals surface area contributed by atoms with Crippen LogP contribution in [0.5, 0.6) is 17.2 Å². The highest BCUT2D eigenvalue weighted by Gasteiger charge is 2.23. The number of carbonyl (C=O) groups is 2. The highest BCUT2D eigenvalue weighted by molar-refractivity contribution is 5.96. The zero-order valence-corrected chi connectivity index (χ0v) is 18.0. The number of benzene rings is 1. The molecule has 29 heavy (non-hydrogen) atoms. The molecule has 1 saturated heterocycles. The van der Waals surface area contributed by atoms with Gasteiger partial charge < -0.3 is 29.3 Å². The third-order valence-corrected chi connectivity index (χ3v) is 5.05. The number of hydrogen-bond donors (Lipinski definition) is 1. The van der Waals surface area contributed by atoms with Crippen molar-refractivity contribution in [3.63, 3.8) is 0 Å². The number of carbonyl (C=O) groups excluding carboxylic acids is 2. The molecule has 2 amide bonds. The highest BCUT2D eigenvalue weighted by atomic mass is 16.5. The predicted octanol–water partition coefficient (Wildman–Crippen LogP) is 1.78. The Hall–Kier alpha value is -2.48. The number of nitrogens with zero attached hydrogens (tertiary/aromatic N) is 2. The van der Waals surface area contributed by atoms with Gasteiger partial charge in [-0.2, -0.15) is 0 Å². The molecular weight excluding hydrogens is 374 g/mol. The minimum atomic E-state index is -0.147. The molecule has 8 nitrogen and oxygen atoms in total. The molecule has 1 fully saturated rings. The van der Waals surface area contributed by atoms with E-state index < -0.39 is 0 Å². The first kappa shape index (κ1) is 22.8. The smallest absolute Gasteiger partial charge is 0.254 e. The maximum Gasteiger partial charge on any atom is 0.254 e. The Balaban J connectivity index is 2.16. The summed E-state index contributed by atoms with van der Waals surface area (Å²) in [4.78, 5) is 29.3. The standard InChI is InChI=1S/C21H33N3O5/c1-5-6-10-24(11-7-19(25)23-12-8-22-9-13-23)21(26)16-14-17(27-2)20(29-4)18(15-16)28-3/h14-15,22H,5-13H2,1-4H3. The molecular formula is C21H33N3O5. The Kier molecular flexibility index (Phi) is 9.05. The molecule has 2 rings (SSSR count). The van der Waals surface area contributed by atoms with Crippen molar-refractivity contribution in [3.05, 3.63) is 17.7 Å². The summed E-state index contributed by atoms with van der Waals surface area (Å²) in [5.74, 6) is 1.25. The molecule has 8 heteroatoms. The van der Waals surface area contributed by atoms with Crippen molar-refractivity contribution < 1.29 is 23.8 Å². The minimum absolute atomic E-state index is 0.0886. The molecule has 1 aromatic rings. The van der Waals surface area contributed by atoms with Crippen LogP contribution in [0.3, 0.4) is 0 Å². The fourth-order valence-electron chi connectivity index (χ4n) is 3.35. The van der Waals surface area contributed by atoms with Crippen molar-refractivity contribution >= 4 is 11.8 Å². The van der Waals surface area contributed by atoms with Gasteiger partial charge in [0, 0.05) is 51.3 Å². The second-order valence-electron chi connectivity index (χ2n) is 6.94. The molecule has 0 unspecified atom stereocenters. The Bertz CT molecular complexity index is 664. The first-order valence-corrected chi connectivity index (χ1v) is 10.1. The Morgan fingerprint density at radius 1 is 1.03 bits per heavy atom. The van der Waals surface area contributed by atoms with Crippen molar-refractivity contribution in [2.45, 2.75) is 26.2 Å². The zero-order valence-electron chi connectivity index (χ0n) is 18.0. The van der Waals surface area contributed by atoms with Crippen LogP contribution in [-0.4, -0.2) is 82.2 Å². The van der Waals surface area contributed by atoms with E-state index in [2.05, 4.69) is 12.2 Å². The Morgan fingerprint density at radius 3 is 2.17 bits per heavy atom. The highest BCUT2D eigenvalue weighted by Crippen LogP contribution is 2.38. The maximum absolute atomic E-state index is 13.2. The lowest BCUT2D eigenvalue weighted by molar-refractivity contribution is -0.131. The molecule has 0 saturated carbocycles. The van der Waals surface area contributed by atoms with Gasteiger partial charge in [0.1, 0.15) is 0 Å². The normalized spacial score (nSPS) is 13.7. The largest absolute Gasteiger partial charge is 0.493 e. The fraction of sp³-hybridized carbons (Fsp3) is 0.619. The van der Waals surface area contributed by atoms with Crippen LogP contribution >= 0.6 is 0 Å². The van der Waals surface area contributed by atoms with E-state index in [-0.39, 0.29) is 11.8 Å². The SMILES string of the molecule is CCCCN(CCC(=O)N1CCNCC1)C(=O)c1cc(OC)c(OC)c(OC)c1. The van der Waals surface area contributed by atoms with Crippen LogP contribution in [0.1, 0.15) is 36.5 Å². The van der Waals surface area contributed by atoms with Crippen LogP contribution in [-0.2, 0) is 4.79 Å². The van der Waals surface area contributed by atoms with E-state index in [0.717, 1.165) is 25.9 Å². The maximum atomic E-state index is 13.2. The van der Waals surface area contributed by atoms with E-state index in [9.17, 15) is 9.59 Å². The average molecular weight is 408 g/mol. The lowest BCUT2D eigenvalue weighted by atomic mass is 10.1. The van der Waals surface area contributed by atoms with Gasteiger partial charge in [0.2, 0.25) is 11.7 Å². The van der Waals surface area contributed by atoms with Gasteiger partial charge in [-0.3, -0.25) is 9.59 Å². The van der Waals surface area contributed by atoms with Gasteiger partial charge in [0.05, 0.1) is 21.3 Å². The molecule has 0 spiro atoms. The molecule has 162 valence electrons. The monoisotopic (exact) mass is 407 g/mol. The quantitative estimate of drug-likeness (QED) is 0.637. The van der Waals surface area contributed by atoms with E-state index in [4.69, 9.17) is 14.2 Å². The van der Waals surface area contributed by atoms with E-state index in [1.807, 2.05) is 4.90 Å². The summed E-state index contributed by atoms with van der Waals surface area (Å²) in [6, 6.07) is 3.31. The van der Waals surface area contributed by atoms with Gasteiger partial charge in [-0.15, -0.1) is 0 Å². The van der Waals surface area contributed by atoms with Crippen LogP contribution in [0.15, 0.2) is 12.1 Å². The molecule has 0 bridgehead atoms. The molecule has 1 aliphatic heterocycles. The van der Waals surface area contributed by atoms with Crippen LogP contribution in [0.4, 0.5) is 0 Å². The van der Waals surface area contributed by atoms with Gasteiger partial charge in [0.25, 0.3) is 5.91 Å². The van der Waals surface area contributed by atoms with Crippen molar-refractivity contribution in [2.75, 3.05) is 60.6 Å². The third kappa shape index (κ3) is 6.00. The zero-order chi connectivity index (χ0) is 21.2. The van der Waals surface area contributed by atoms with Crippen LogP contribution in [0, 0.1) is 0 Å². The number of nitrogens with one attached hydrogen (secondary N) is 1. The van der Waals surface area contributed by atoms with Gasteiger partial charge in [-0.05, 0) is 18.6 Å². The molecule has 1 aromatic carbocycles. The fourth-order valence-corrected chi connectivity index (χ4v) is 3.35. The third-order valence-electron chi connectivity index (χ3n) is 5.05. The van der Waals surface area contributed by atoms with Gasteiger partial charge in [-0.25, -0.2) is 0 Å². The van der Waals surface area contributed by atoms with E-state index in [1.165, 1.54) is 21.3 Å². The predicted molar refractivity (Wildman–Crippen MR) is 111 cm³/mol. The van der Waals surface area contributed by atoms with Crippen LogP contribution in [0.2, 0.25) is 0 Å². The number of ether oxygens (including phenoxy) is 3. The van der Waals surface area contributed by atoms with Crippen molar-refractivity contribution in [1.29, 1.82) is 0 Å². The summed E-state index contributed by atoms with van der Waals surface area (Å²) < 4.78 is 16.1. The topological polar surface area (TPSA) is 80.3 Å². The molecule has 0 atom stereocenters. The summed E-state index contributed by atoms with van der Waals surface area (Å²) in [5.41, 5.74) is 0.449. The number of amides is 2. The van der Waals surface area contributed by atoms with Crippen molar-refractivity contribution in [3.8, 4) is 17.2 Å². The molecule has 1 N–H and O–H groups in total. The average Bonchev–Trinajstić information content (AvgIpc) is 2.77. The molecule has 0 aliphatic carbocycles. The van der Waals surface area contributed by atoms with Crippen molar-refractivity contribution in [2.24, 2.45) is 0 Å². The number of piperazine rings is 1. The van der Waals surface area contributed by atoms with Crippen LogP contribution < -0.4 is 19.5 Å². The van der Waals surface area contributed by atoms with Crippen LogP contribution in [0.25, 0.3) is 0 Å². The molecule has 1 aliphatic rings. The van der Waals surface area contributed by atoms with Crippen molar-refractivity contribution in [1.82, 2.24) is 15.1 Å². The van der Waals surface area contributed by atoms with E-state index in [1.54, 1.807) is 17.0 Å². The Morgan fingerprint density at radius 2 is 1.66 bits per heavy atom. The lowest BCUT2D eigenvalue weighted by Crippen LogP contribution is -2.47. The second kappa shape index (κ2) is 11.5. The molecule has 1 heterocycles. The second-order valence-corrected chi connectivity index (χ2v) is 6.94. The van der Waals surface area contributed by atoms with Gasteiger partial charge >= 0.3 is 0 Å². The van der Waals surface area contributed by atoms with E-state index >= 15 is 0 Å². The first-order chi connectivity index (χ1) is 14.0. The summed E-state index contributed by atoms with van der Waals surface area (Å²) in [5, 5.41) is 3.24. The molecule has 0 radical (unpaired) electrons. The first-order valence-electron chi connectivity index (χ1n) is 10.1. The van der Waals surface area contributed by atoms with Gasteiger partial charge in [-0.1, -0.05) is 13.3 Å². The van der Waals surface area contributed by atoms with Gasteiger partial charge in [0.15, 0.2) is 11.5 Å². The van der Waals surface area contributed by atoms with E-state index in [0.29, 0.717) is 55.4 Å². The number of unbranched alkanes of at least 4 members (excludes halogenated alkanes) is 1. The number of hydrogen-bond acceptors (Lipinski definition) is 6.